The molecule has 106 valence electrons. The molecule has 1 unspecified atom stereocenters. The summed E-state index contributed by atoms with van der Waals surface area (Å²) >= 11 is 2.16. The molecule has 1 nitrogen and oxygen atoms in total. The van der Waals surface area contributed by atoms with Crippen molar-refractivity contribution in [2.24, 2.45) is 0 Å². The van der Waals surface area contributed by atoms with Crippen LogP contribution in [0.1, 0.15) is 37.4 Å². The number of rotatable bonds is 5. The Morgan fingerprint density at radius 1 is 1.10 bits per heavy atom. The second kappa shape index (κ2) is 7.07. The van der Waals surface area contributed by atoms with Gasteiger partial charge in [-0.3, -0.25) is 0 Å². The third kappa shape index (κ3) is 3.72. The van der Waals surface area contributed by atoms with Gasteiger partial charge >= 0.3 is 0 Å². The van der Waals surface area contributed by atoms with E-state index in [4.69, 9.17) is 0 Å². The summed E-state index contributed by atoms with van der Waals surface area (Å²) < 4.78 is 14.0. The minimum absolute atomic E-state index is 0.194. The highest BCUT2D eigenvalue weighted by atomic mass is 127. The lowest BCUT2D eigenvalue weighted by Gasteiger charge is -2.20. The van der Waals surface area contributed by atoms with Gasteiger partial charge in [0.15, 0.2) is 0 Å². The molecule has 0 saturated carbocycles. The molecule has 1 atom stereocenters. The SMILES string of the molecule is CCc1ccc(C(CC)Nc2ccc(F)cc2I)cc1. The molecule has 0 spiro atoms. The molecule has 0 aromatic heterocycles. The van der Waals surface area contributed by atoms with E-state index in [2.05, 4.69) is 66.0 Å². The summed E-state index contributed by atoms with van der Waals surface area (Å²) in [7, 11) is 0. The molecule has 20 heavy (non-hydrogen) atoms. The van der Waals surface area contributed by atoms with Crippen molar-refractivity contribution >= 4 is 28.3 Å². The van der Waals surface area contributed by atoms with Crippen LogP contribution in [0.5, 0.6) is 0 Å². The molecule has 0 fully saturated rings. The van der Waals surface area contributed by atoms with E-state index in [-0.39, 0.29) is 11.9 Å². The van der Waals surface area contributed by atoms with Gasteiger partial charge in [0.25, 0.3) is 0 Å². The van der Waals surface area contributed by atoms with Crippen molar-refractivity contribution in [3.8, 4) is 0 Å². The topological polar surface area (TPSA) is 12.0 Å². The van der Waals surface area contributed by atoms with Crippen LogP contribution in [0.2, 0.25) is 0 Å². The monoisotopic (exact) mass is 383 g/mol. The highest BCUT2D eigenvalue weighted by molar-refractivity contribution is 14.1. The Balaban J connectivity index is 2.19. The number of benzene rings is 2. The second-order valence-electron chi connectivity index (χ2n) is 4.82. The molecule has 0 saturated heterocycles. The molecule has 0 amide bonds. The highest BCUT2D eigenvalue weighted by Gasteiger charge is 2.11. The summed E-state index contributed by atoms with van der Waals surface area (Å²) in [6.07, 6.45) is 2.04. The zero-order valence-electron chi connectivity index (χ0n) is 11.8. The first-order valence-electron chi connectivity index (χ1n) is 6.94. The van der Waals surface area contributed by atoms with E-state index in [1.165, 1.54) is 17.2 Å². The van der Waals surface area contributed by atoms with E-state index >= 15 is 0 Å². The average molecular weight is 383 g/mol. The molecular formula is C17H19FIN. The van der Waals surface area contributed by atoms with Gasteiger partial charge in [-0.05, 0) is 64.8 Å². The first-order chi connectivity index (χ1) is 9.63. The maximum atomic E-state index is 13.1. The predicted molar refractivity (Wildman–Crippen MR) is 91.6 cm³/mol. The lowest BCUT2D eigenvalue weighted by molar-refractivity contribution is 0.626. The summed E-state index contributed by atoms with van der Waals surface area (Å²) in [6.45, 7) is 4.31. The Bertz CT molecular complexity index is 566. The van der Waals surface area contributed by atoms with E-state index in [0.29, 0.717) is 0 Å². The number of anilines is 1. The molecule has 1 N–H and O–H groups in total. The summed E-state index contributed by atoms with van der Waals surface area (Å²) in [5, 5.41) is 3.50. The number of nitrogens with one attached hydrogen (secondary N) is 1. The van der Waals surface area contributed by atoms with Crippen LogP contribution in [0.25, 0.3) is 0 Å². The van der Waals surface area contributed by atoms with Crippen molar-refractivity contribution in [3.63, 3.8) is 0 Å². The lowest BCUT2D eigenvalue weighted by atomic mass is 10.0. The van der Waals surface area contributed by atoms with Gasteiger partial charge < -0.3 is 5.32 Å². The molecule has 0 bridgehead atoms. The zero-order chi connectivity index (χ0) is 14.5. The van der Waals surface area contributed by atoms with Gasteiger partial charge in [-0.2, -0.15) is 0 Å². The fraction of sp³-hybridized carbons (Fsp3) is 0.294. The smallest absolute Gasteiger partial charge is 0.124 e. The zero-order valence-corrected chi connectivity index (χ0v) is 13.9. The number of hydrogen-bond donors (Lipinski definition) is 1. The molecule has 3 heteroatoms. The Labute approximate surface area is 133 Å². The van der Waals surface area contributed by atoms with Crippen molar-refractivity contribution in [3.05, 3.63) is 63.0 Å². The molecule has 2 rings (SSSR count). The first kappa shape index (κ1) is 15.3. The number of aryl methyl sites for hydroxylation is 1. The van der Waals surface area contributed by atoms with Crippen molar-refractivity contribution in [2.45, 2.75) is 32.7 Å². The van der Waals surface area contributed by atoms with Gasteiger partial charge in [-0.25, -0.2) is 4.39 Å². The predicted octanol–water partition coefficient (Wildman–Crippen LogP) is 5.56. The standard InChI is InChI=1S/C17H19FIN/c1-3-12-5-7-13(8-6-12)16(4-2)20-17-10-9-14(18)11-15(17)19/h5-11,16,20H,3-4H2,1-2H3. The van der Waals surface area contributed by atoms with E-state index in [1.807, 2.05) is 0 Å². The fourth-order valence-corrected chi connectivity index (χ4v) is 2.83. The molecule has 0 radical (unpaired) electrons. The highest BCUT2D eigenvalue weighted by Crippen LogP contribution is 2.26. The van der Waals surface area contributed by atoms with Gasteiger partial charge in [-0.1, -0.05) is 38.1 Å². The largest absolute Gasteiger partial charge is 0.377 e. The van der Waals surface area contributed by atoms with Crippen molar-refractivity contribution in [1.29, 1.82) is 0 Å². The molecule has 2 aromatic rings. The van der Waals surface area contributed by atoms with Crippen LogP contribution in [0, 0.1) is 9.39 Å². The van der Waals surface area contributed by atoms with Gasteiger partial charge in [-0.15, -0.1) is 0 Å². The normalized spacial score (nSPS) is 12.2. The van der Waals surface area contributed by atoms with E-state index in [0.717, 1.165) is 22.1 Å². The van der Waals surface area contributed by atoms with E-state index in [9.17, 15) is 4.39 Å². The van der Waals surface area contributed by atoms with Gasteiger partial charge in [0.1, 0.15) is 5.82 Å². The van der Waals surface area contributed by atoms with Crippen LogP contribution in [0.4, 0.5) is 10.1 Å². The summed E-state index contributed by atoms with van der Waals surface area (Å²) in [6, 6.07) is 13.8. The summed E-state index contributed by atoms with van der Waals surface area (Å²) in [5.41, 5.74) is 3.60. The quantitative estimate of drug-likeness (QED) is 0.667. The second-order valence-corrected chi connectivity index (χ2v) is 5.99. The summed E-state index contributed by atoms with van der Waals surface area (Å²) in [4.78, 5) is 0. The van der Waals surface area contributed by atoms with Gasteiger partial charge in [0, 0.05) is 9.26 Å². The third-order valence-electron chi connectivity index (χ3n) is 3.46. The Kier molecular flexibility index (Phi) is 5.40. The third-order valence-corrected chi connectivity index (χ3v) is 4.35. The number of halogens is 2. The van der Waals surface area contributed by atoms with Gasteiger partial charge in [0.2, 0.25) is 0 Å². The molecular weight excluding hydrogens is 364 g/mol. The fourth-order valence-electron chi connectivity index (χ4n) is 2.20. The molecule has 0 aliphatic heterocycles. The minimum Gasteiger partial charge on any atom is -0.377 e. The van der Waals surface area contributed by atoms with E-state index in [1.54, 1.807) is 12.1 Å². The maximum Gasteiger partial charge on any atom is 0.124 e. The molecule has 2 aromatic carbocycles. The molecule has 0 aliphatic carbocycles. The first-order valence-corrected chi connectivity index (χ1v) is 8.02. The Morgan fingerprint density at radius 2 is 1.80 bits per heavy atom. The molecule has 0 heterocycles. The van der Waals surface area contributed by atoms with Crippen molar-refractivity contribution in [2.75, 3.05) is 5.32 Å². The van der Waals surface area contributed by atoms with Crippen LogP contribution in [0.3, 0.4) is 0 Å². The van der Waals surface area contributed by atoms with Crippen LogP contribution >= 0.6 is 22.6 Å². The van der Waals surface area contributed by atoms with Gasteiger partial charge in [0.05, 0.1) is 6.04 Å². The van der Waals surface area contributed by atoms with Crippen LogP contribution in [-0.2, 0) is 6.42 Å². The lowest BCUT2D eigenvalue weighted by Crippen LogP contribution is -2.10. The summed E-state index contributed by atoms with van der Waals surface area (Å²) in [5.74, 6) is -0.194. The Hall–Kier alpha value is -1.10. The Morgan fingerprint density at radius 3 is 2.35 bits per heavy atom. The van der Waals surface area contributed by atoms with Crippen LogP contribution in [0.15, 0.2) is 42.5 Å². The van der Waals surface area contributed by atoms with Crippen molar-refractivity contribution < 1.29 is 4.39 Å². The molecule has 0 aliphatic rings. The van der Waals surface area contributed by atoms with Crippen LogP contribution in [-0.4, -0.2) is 0 Å². The maximum absolute atomic E-state index is 13.1. The van der Waals surface area contributed by atoms with Crippen LogP contribution < -0.4 is 5.32 Å². The van der Waals surface area contributed by atoms with E-state index < -0.39 is 0 Å². The number of hydrogen-bond acceptors (Lipinski definition) is 1. The van der Waals surface area contributed by atoms with Crippen molar-refractivity contribution in [1.82, 2.24) is 0 Å². The minimum atomic E-state index is -0.194. The average Bonchev–Trinajstić information content (AvgIpc) is 2.47.